The van der Waals surface area contributed by atoms with E-state index < -0.39 is 5.82 Å². The van der Waals surface area contributed by atoms with Crippen LogP contribution in [0.1, 0.15) is 13.3 Å². The lowest BCUT2D eigenvalue weighted by Gasteiger charge is -2.07. The molecule has 0 aliphatic carbocycles. The second-order valence-corrected chi connectivity index (χ2v) is 3.75. The van der Waals surface area contributed by atoms with Gasteiger partial charge in [-0.15, -0.1) is 0 Å². The van der Waals surface area contributed by atoms with Gasteiger partial charge < -0.3 is 10.1 Å². The highest BCUT2D eigenvalue weighted by molar-refractivity contribution is 5.56. The number of rotatable bonds is 5. The van der Waals surface area contributed by atoms with Crippen LogP contribution >= 0.6 is 0 Å². The molecule has 0 aliphatic heterocycles. The molecular weight excluding hydrogens is 249 g/mol. The van der Waals surface area contributed by atoms with Gasteiger partial charge in [-0.1, -0.05) is 6.92 Å². The predicted octanol–water partition coefficient (Wildman–Crippen LogP) is 1.90. The Morgan fingerprint density at radius 3 is 2.84 bits per heavy atom. The molecule has 0 aromatic carbocycles. The van der Waals surface area contributed by atoms with Gasteiger partial charge in [-0.3, -0.25) is 4.98 Å². The van der Waals surface area contributed by atoms with Gasteiger partial charge in [0.05, 0.1) is 18.9 Å². The Labute approximate surface area is 110 Å². The molecule has 1 N–H and O–H groups in total. The summed E-state index contributed by atoms with van der Waals surface area (Å²) in [6, 6.07) is 1.65. The second-order valence-electron chi connectivity index (χ2n) is 3.75. The lowest BCUT2D eigenvalue weighted by Crippen LogP contribution is -2.08. The minimum absolute atomic E-state index is 0.139. The minimum Gasteiger partial charge on any atom is -0.467 e. The standard InChI is InChI=1S/C12H14FN5O/c1-3-5-15-11-16-10(17-12(18-11)19-2)8-4-6-14-7-9(8)13/h4,6-7H,3,5H2,1-2H3,(H,15,16,17,18). The topological polar surface area (TPSA) is 72.8 Å². The Morgan fingerprint density at radius 2 is 2.16 bits per heavy atom. The number of hydrogen-bond donors (Lipinski definition) is 1. The molecule has 0 saturated carbocycles. The number of anilines is 1. The number of nitrogens with one attached hydrogen (secondary N) is 1. The van der Waals surface area contributed by atoms with Crippen LogP contribution in [0.3, 0.4) is 0 Å². The molecule has 6 nitrogen and oxygen atoms in total. The Kier molecular flexibility index (Phi) is 4.17. The molecular formula is C12H14FN5O. The normalized spacial score (nSPS) is 10.3. The molecule has 100 valence electrons. The summed E-state index contributed by atoms with van der Waals surface area (Å²) < 4.78 is 18.7. The predicted molar refractivity (Wildman–Crippen MR) is 68.3 cm³/mol. The van der Waals surface area contributed by atoms with Gasteiger partial charge in [-0.05, 0) is 12.5 Å². The van der Waals surface area contributed by atoms with Crippen molar-refractivity contribution in [1.82, 2.24) is 19.9 Å². The fraction of sp³-hybridized carbons (Fsp3) is 0.333. The van der Waals surface area contributed by atoms with Crippen LogP contribution in [0.2, 0.25) is 0 Å². The van der Waals surface area contributed by atoms with Gasteiger partial charge >= 0.3 is 6.01 Å². The van der Waals surface area contributed by atoms with Gasteiger partial charge in [-0.2, -0.15) is 15.0 Å². The summed E-state index contributed by atoms with van der Waals surface area (Å²) in [5.74, 6) is 0.0856. The summed E-state index contributed by atoms with van der Waals surface area (Å²) in [5.41, 5.74) is 0.259. The SMILES string of the molecule is CCCNc1nc(OC)nc(-c2ccncc2F)n1. The monoisotopic (exact) mass is 263 g/mol. The third-order valence-corrected chi connectivity index (χ3v) is 2.34. The van der Waals surface area contributed by atoms with E-state index in [1.165, 1.54) is 19.4 Å². The van der Waals surface area contributed by atoms with Crippen molar-refractivity contribution in [1.29, 1.82) is 0 Å². The first-order valence-electron chi connectivity index (χ1n) is 5.88. The fourth-order valence-corrected chi connectivity index (χ4v) is 1.44. The number of ether oxygens (including phenoxy) is 1. The Hall–Kier alpha value is -2.31. The van der Waals surface area contributed by atoms with Crippen LogP contribution in [0, 0.1) is 5.82 Å². The van der Waals surface area contributed by atoms with Crippen molar-refractivity contribution in [2.75, 3.05) is 19.0 Å². The van der Waals surface area contributed by atoms with Crippen LogP contribution in [0.5, 0.6) is 6.01 Å². The first-order chi connectivity index (χ1) is 9.24. The molecule has 0 atom stereocenters. The molecule has 7 heteroatoms. The first-order valence-corrected chi connectivity index (χ1v) is 5.88. The second kappa shape index (κ2) is 6.03. The van der Waals surface area contributed by atoms with Crippen LogP contribution in [-0.2, 0) is 0 Å². The summed E-state index contributed by atoms with van der Waals surface area (Å²) in [4.78, 5) is 16.0. The van der Waals surface area contributed by atoms with Gasteiger partial charge in [0.25, 0.3) is 0 Å². The van der Waals surface area contributed by atoms with E-state index in [0.717, 1.165) is 12.6 Å². The number of nitrogens with zero attached hydrogens (tertiary/aromatic N) is 4. The summed E-state index contributed by atoms with van der Waals surface area (Å²) in [5, 5.41) is 3.02. The Bertz CT molecular complexity index is 564. The maximum atomic E-state index is 13.7. The Morgan fingerprint density at radius 1 is 1.32 bits per heavy atom. The van der Waals surface area contributed by atoms with Crippen molar-refractivity contribution in [3.63, 3.8) is 0 Å². The summed E-state index contributed by atoms with van der Waals surface area (Å²) in [6.45, 7) is 2.74. The molecule has 0 amide bonds. The van der Waals surface area contributed by atoms with Gasteiger partial charge in [0.15, 0.2) is 11.6 Å². The van der Waals surface area contributed by atoms with E-state index in [2.05, 4.69) is 25.3 Å². The highest BCUT2D eigenvalue weighted by atomic mass is 19.1. The third kappa shape index (κ3) is 3.12. The minimum atomic E-state index is -0.489. The number of pyridine rings is 1. The van der Waals surface area contributed by atoms with Crippen LogP contribution in [0.25, 0.3) is 11.4 Å². The smallest absolute Gasteiger partial charge is 0.321 e. The zero-order chi connectivity index (χ0) is 13.7. The van der Waals surface area contributed by atoms with E-state index in [0.29, 0.717) is 12.5 Å². The summed E-state index contributed by atoms with van der Waals surface area (Å²) >= 11 is 0. The average molecular weight is 263 g/mol. The first kappa shape index (κ1) is 13.1. The van der Waals surface area contributed by atoms with Gasteiger partial charge in [-0.25, -0.2) is 4.39 Å². The lowest BCUT2D eigenvalue weighted by molar-refractivity contribution is 0.379. The van der Waals surface area contributed by atoms with Crippen molar-refractivity contribution < 1.29 is 9.13 Å². The molecule has 2 aromatic rings. The largest absolute Gasteiger partial charge is 0.467 e. The van der Waals surface area contributed by atoms with Crippen molar-refractivity contribution in [2.24, 2.45) is 0 Å². The van der Waals surface area contributed by atoms with Crippen molar-refractivity contribution in [3.8, 4) is 17.4 Å². The average Bonchev–Trinajstić information content (AvgIpc) is 2.45. The van der Waals surface area contributed by atoms with Crippen LogP contribution < -0.4 is 10.1 Å². The van der Waals surface area contributed by atoms with Crippen LogP contribution in [0.4, 0.5) is 10.3 Å². The van der Waals surface area contributed by atoms with E-state index >= 15 is 0 Å². The molecule has 0 saturated heterocycles. The van der Waals surface area contributed by atoms with Gasteiger partial charge in [0.1, 0.15) is 0 Å². The number of methoxy groups -OCH3 is 1. The molecule has 0 fully saturated rings. The van der Waals surface area contributed by atoms with E-state index in [-0.39, 0.29) is 17.4 Å². The zero-order valence-corrected chi connectivity index (χ0v) is 10.7. The highest BCUT2D eigenvalue weighted by Crippen LogP contribution is 2.20. The zero-order valence-electron chi connectivity index (χ0n) is 10.7. The van der Waals surface area contributed by atoms with Crippen LogP contribution in [-0.4, -0.2) is 33.6 Å². The third-order valence-electron chi connectivity index (χ3n) is 2.34. The quantitative estimate of drug-likeness (QED) is 0.888. The molecule has 2 heterocycles. The molecule has 2 rings (SSSR count). The van der Waals surface area contributed by atoms with E-state index in [1.54, 1.807) is 0 Å². The van der Waals surface area contributed by atoms with E-state index in [1.807, 2.05) is 6.92 Å². The fourth-order valence-electron chi connectivity index (χ4n) is 1.44. The number of hydrogen-bond acceptors (Lipinski definition) is 6. The summed E-state index contributed by atoms with van der Waals surface area (Å²) in [6.07, 6.45) is 3.52. The lowest BCUT2D eigenvalue weighted by atomic mass is 10.2. The van der Waals surface area contributed by atoms with Crippen LogP contribution in [0.15, 0.2) is 18.5 Å². The molecule has 2 aromatic heterocycles. The molecule has 0 radical (unpaired) electrons. The van der Waals surface area contributed by atoms with Gasteiger partial charge in [0.2, 0.25) is 5.95 Å². The number of aromatic nitrogens is 4. The van der Waals surface area contributed by atoms with Crippen molar-refractivity contribution in [3.05, 3.63) is 24.3 Å². The maximum Gasteiger partial charge on any atom is 0.321 e. The molecule has 0 unspecified atom stereocenters. The van der Waals surface area contributed by atoms with Gasteiger partial charge in [0, 0.05) is 12.7 Å². The highest BCUT2D eigenvalue weighted by Gasteiger charge is 2.12. The molecule has 0 bridgehead atoms. The molecule has 0 aliphatic rings. The van der Waals surface area contributed by atoms with E-state index in [4.69, 9.17) is 4.74 Å². The molecule has 0 spiro atoms. The van der Waals surface area contributed by atoms with Crippen molar-refractivity contribution >= 4 is 5.95 Å². The van der Waals surface area contributed by atoms with Crippen molar-refractivity contribution in [2.45, 2.75) is 13.3 Å². The van der Waals surface area contributed by atoms with E-state index in [9.17, 15) is 4.39 Å². The molecule has 19 heavy (non-hydrogen) atoms. The Balaban J connectivity index is 2.42. The summed E-state index contributed by atoms with van der Waals surface area (Å²) in [7, 11) is 1.45. The number of halogens is 1. The maximum absolute atomic E-state index is 13.7.